The Bertz CT molecular complexity index is 605. The molecule has 1 aromatic carbocycles. The van der Waals surface area contributed by atoms with Crippen molar-refractivity contribution < 1.29 is 14.3 Å². The molecule has 0 aliphatic carbocycles. The number of halogens is 1. The lowest BCUT2D eigenvalue weighted by Gasteiger charge is -2.52. The van der Waals surface area contributed by atoms with Gasteiger partial charge in [-0.2, -0.15) is 0 Å². The second-order valence-corrected chi connectivity index (χ2v) is 6.83. The molecule has 0 radical (unpaired) electrons. The Morgan fingerprint density at radius 2 is 2.24 bits per heavy atom. The molecule has 5 nitrogen and oxygen atoms in total. The summed E-state index contributed by atoms with van der Waals surface area (Å²) in [5.41, 5.74) is 0.320. The van der Waals surface area contributed by atoms with Gasteiger partial charge in [0, 0.05) is 18.0 Å². The summed E-state index contributed by atoms with van der Waals surface area (Å²) in [6.45, 7) is 5.96. The number of ether oxygens (including phenoxy) is 2. The number of amides is 2. The van der Waals surface area contributed by atoms with Gasteiger partial charge < -0.3 is 14.8 Å². The molecule has 0 spiro atoms. The minimum absolute atomic E-state index is 0.0624. The molecule has 2 bridgehead atoms. The Labute approximate surface area is 132 Å². The SMILES string of the molecule is COc1cc(Br)c2c(c1)C1CC(C)(O2)N(C(C)C)C(=O)N1. The summed E-state index contributed by atoms with van der Waals surface area (Å²) in [4.78, 5) is 14.2. The molecule has 2 heterocycles. The van der Waals surface area contributed by atoms with Crippen LogP contribution in [0.15, 0.2) is 16.6 Å². The second kappa shape index (κ2) is 4.80. The number of hydrogen-bond acceptors (Lipinski definition) is 3. The van der Waals surface area contributed by atoms with Gasteiger partial charge in [0.05, 0.1) is 17.6 Å². The second-order valence-electron chi connectivity index (χ2n) is 5.97. The molecule has 0 saturated carbocycles. The van der Waals surface area contributed by atoms with Crippen LogP contribution in [0.3, 0.4) is 0 Å². The van der Waals surface area contributed by atoms with E-state index >= 15 is 0 Å². The largest absolute Gasteiger partial charge is 0.497 e. The van der Waals surface area contributed by atoms with E-state index in [1.54, 1.807) is 12.0 Å². The molecule has 6 heteroatoms. The maximum atomic E-state index is 12.4. The van der Waals surface area contributed by atoms with Gasteiger partial charge >= 0.3 is 6.03 Å². The maximum absolute atomic E-state index is 12.4. The average molecular weight is 355 g/mol. The highest BCUT2D eigenvalue weighted by Crippen LogP contribution is 2.48. The number of hydrogen-bond donors (Lipinski definition) is 1. The van der Waals surface area contributed by atoms with E-state index in [9.17, 15) is 4.79 Å². The number of carbonyl (C=O) groups excluding carboxylic acids is 1. The first-order chi connectivity index (χ1) is 9.85. The number of fused-ring (bicyclic) bond motifs is 4. The van der Waals surface area contributed by atoms with E-state index in [1.165, 1.54) is 0 Å². The molecule has 2 atom stereocenters. The summed E-state index contributed by atoms with van der Waals surface area (Å²) in [6.07, 6.45) is 0.712. The van der Waals surface area contributed by atoms with Crippen LogP contribution in [-0.4, -0.2) is 29.8 Å². The first-order valence-electron chi connectivity index (χ1n) is 7.02. The van der Waals surface area contributed by atoms with Crippen molar-refractivity contribution in [1.29, 1.82) is 0 Å². The zero-order valence-electron chi connectivity index (χ0n) is 12.6. The molecule has 114 valence electrons. The van der Waals surface area contributed by atoms with Crippen molar-refractivity contribution in [2.45, 2.75) is 45.0 Å². The Balaban J connectivity index is 2.11. The van der Waals surface area contributed by atoms with Crippen LogP contribution in [0.1, 0.15) is 38.8 Å². The maximum Gasteiger partial charge on any atom is 0.321 e. The summed E-state index contributed by atoms with van der Waals surface area (Å²) in [5.74, 6) is 1.52. The lowest BCUT2D eigenvalue weighted by molar-refractivity contribution is -0.0968. The summed E-state index contributed by atoms with van der Waals surface area (Å²) in [6, 6.07) is 3.72. The molecule has 0 aromatic heterocycles. The predicted octanol–water partition coefficient (Wildman–Crippen LogP) is 3.43. The van der Waals surface area contributed by atoms with Crippen LogP contribution < -0.4 is 14.8 Å². The van der Waals surface area contributed by atoms with E-state index in [0.29, 0.717) is 6.42 Å². The highest BCUT2D eigenvalue weighted by Gasteiger charge is 2.50. The Kier molecular flexibility index (Phi) is 3.31. The molecule has 2 amide bonds. The molecular formula is C15H19BrN2O3. The summed E-state index contributed by atoms with van der Waals surface area (Å²) in [7, 11) is 1.63. The fourth-order valence-corrected chi connectivity index (χ4v) is 3.85. The van der Waals surface area contributed by atoms with Crippen molar-refractivity contribution in [3.63, 3.8) is 0 Å². The van der Waals surface area contributed by atoms with Crippen LogP contribution >= 0.6 is 15.9 Å². The molecule has 2 aliphatic rings. The van der Waals surface area contributed by atoms with Gasteiger partial charge in [0.2, 0.25) is 0 Å². The molecule has 1 aromatic rings. The zero-order valence-corrected chi connectivity index (χ0v) is 14.2. The zero-order chi connectivity index (χ0) is 15.4. The third-order valence-electron chi connectivity index (χ3n) is 4.10. The number of carbonyl (C=O) groups is 1. The fraction of sp³-hybridized carbons (Fsp3) is 0.533. The minimum Gasteiger partial charge on any atom is -0.497 e. The summed E-state index contributed by atoms with van der Waals surface area (Å²) >= 11 is 3.54. The normalized spacial score (nSPS) is 27.0. The predicted molar refractivity (Wildman–Crippen MR) is 82.6 cm³/mol. The molecule has 1 saturated heterocycles. The standard InChI is InChI=1S/C15H19BrN2O3/c1-8(2)18-14(19)17-12-7-15(18,3)21-13-10(12)5-9(20-4)6-11(13)16/h5-6,8,12H,7H2,1-4H3,(H,17,19). The number of methoxy groups -OCH3 is 1. The molecule has 2 unspecified atom stereocenters. The molecule has 1 N–H and O–H groups in total. The number of urea groups is 1. The van der Waals surface area contributed by atoms with E-state index in [0.717, 1.165) is 21.5 Å². The lowest BCUT2D eigenvalue weighted by atomic mass is 9.89. The Morgan fingerprint density at radius 1 is 1.52 bits per heavy atom. The Morgan fingerprint density at radius 3 is 2.86 bits per heavy atom. The highest BCUT2D eigenvalue weighted by molar-refractivity contribution is 9.10. The van der Waals surface area contributed by atoms with Gasteiger partial charge in [-0.1, -0.05) is 0 Å². The van der Waals surface area contributed by atoms with Crippen LogP contribution in [0, 0.1) is 0 Å². The first kappa shape index (κ1) is 14.5. The average Bonchev–Trinajstić information content (AvgIpc) is 2.38. The topological polar surface area (TPSA) is 50.8 Å². The number of nitrogens with one attached hydrogen (secondary N) is 1. The summed E-state index contributed by atoms with van der Waals surface area (Å²) in [5, 5.41) is 3.07. The summed E-state index contributed by atoms with van der Waals surface area (Å²) < 4.78 is 12.4. The van der Waals surface area contributed by atoms with Crippen molar-refractivity contribution in [2.24, 2.45) is 0 Å². The third kappa shape index (κ3) is 2.16. The number of nitrogens with zero attached hydrogens (tertiary/aromatic N) is 1. The fourth-order valence-electron chi connectivity index (χ4n) is 3.31. The van der Waals surface area contributed by atoms with Gasteiger partial charge in [-0.3, -0.25) is 4.90 Å². The highest BCUT2D eigenvalue weighted by atomic mass is 79.9. The first-order valence-corrected chi connectivity index (χ1v) is 7.81. The van der Waals surface area contributed by atoms with Crippen LogP contribution in [-0.2, 0) is 0 Å². The quantitative estimate of drug-likeness (QED) is 0.884. The third-order valence-corrected chi connectivity index (χ3v) is 4.69. The van der Waals surface area contributed by atoms with E-state index < -0.39 is 5.72 Å². The van der Waals surface area contributed by atoms with Crippen molar-refractivity contribution in [3.8, 4) is 11.5 Å². The van der Waals surface area contributed by atoms with Gasteiger partial charge in [0.25, 0.3) is 0 Å². The molecule has 1 fully saturated rings. The lowest BCUT2D eigenvalue weighted by Crippen LogP contribution is -2.66. The van der Waals surface area contributed by atoms with Crippen LogP contribution in [0.25, 0.3) is 0 Å². The molecule has 2 aliphatic heterocycles. The van der Waals surface area contributed by atoms with Gasteiger partial charge in [0.15, 0.2) is 5.72 Å². The van der Waals surface area contributed by atoms with E-state index in [2.05, 4.69) is 21.2 Å². The molecule has 21 heavy (non-hydrogen) atoms. The molecule has 3 rings (SSSR count). The number of rotatable bonds is 2. The van der Waals surface area contributed by atoms with Crippen molar-refractivity contribution in [1.82, 2.24) is 10.2 Å². The Hall–Kier alpha value is -1.43. The monoisotopic (exact) mass is 354 g/mol. The van der Waals surface area contributed by atoms with Crippen LogP contribution in [0.4, 0.5) is 4.79 Å². The van der Waals surface area contributed by atoms with Gasteiger partial charge in [-0.05, 0) is 48.8 Å². The van der Waals surface area contributed by atoms with Crippen molar-refractivity contribution in [2.75, 3.05) is 7.11 Å². The van der Waals surface area contributed by atoms with Crippen molar-refractivity contribution in [3.05, 3.63) is 22.2 Å². The van der Waals surface area contributed by atoms with Crippen LogP contribution in [0.5, 0.6) is 11.5 Å². The van der Waals surface area contributed by atoms with E-state index in [1.807, 2.05) is 32.9 Å². The molecular weight excluding hydrogens is 336 g/mol. The van der Waals surface area contributed by atoms with Gasteiger partial charge in [-0.15, -0.1) is 0 Å². The van der Waals surface area contributed by atoms with Gasteiger partial charge in [-0.25, -0.2) is 4.79 Å². The van der Waals surface area contributed by atoms with E-state index in [-0.39, 0.29) is 18.1 Å². The van der Waals surface area contributed by atoms with Crippen LogP contribution in [0.2, 0.25) is 0 Å². The minimum atomic E-state index is -0.634. The smallest absolute Gasteiger partial charge is 0.321 e. The van der Waals surface area contributed by atoms with Gasteiger partial charge in [0.1, 0.15) is 11.5 Å². The number of benzene rings is 1. The van der Waals surface area contributed by atoms with Crippen molar-refractivity contribution >= 4 is 22.0 Å². The van der Waals surface area contributed by atoms with E-state index in [4.69, 9.17) is 9.47 Å².